The summed E-state index contributed by atoms with van der Waals surface area (Å²) in [4.78, 5) is 4.41. The zero-order valence-corrected chi connectivity index (χ0v) is 10.4. The van der Waals surface area contributed by atoms with E-state index in [2.05, 4.69) is 4.98 Å². The second kappa shape index (κ2) is 4.94. The molecule has 94 valence electrons. The number of aromatic nitrogens is 1. The van der Waals surface area contributed by atoms with Crippen molar-refractivity contribution in [2.75, 3.05) is 6.61 Å². The highest BCUT2D eigenvalue weighted by atomic mass is 16.5. The Bertz CT molecular complexity index is 549. The number of rotatable bonds is 5. The monoisotopic (exact) mass is 242 g/mol. The fourth-order valence-corrected chi connectivity index (χ4v) is 2.21. The van der Waals surface area contributed by atoms with Crippen molar-refractivity contribution in [2.45, 2.75) is 25.8 Å². The molecule has 0 radical (unpaired) electrons. The summed E-state index contributed by atoms with van der Waals surface area (Å²) in [6.07, 6.45) is 5.71. The molecular weight excluding hydrogens is 224 g/mol. The van der Waals surface area contributed by atoms with E-state index >= 15 is 0 Å². The highest BCUT2D eigenvalue weighted by molar-refractivity contribution is 5.86. The number of nitrogens with zero attached hydrogens (tertiary/aromatic N) is 1. The van der Waals surface area contributed by atoms with E-state index in [1.807, 2.05) is 30.5 Å². The molecular formula is C15H18N2O. The Hall–Kier alpha value is -1.61. The van der Waals surface area contributed by atoms with Crippen LogP contribution >= 0.6 is 0 Å². The standard InChI is InChI=1S/C15H18N2O/c16-9-12-10-17-14-4-2-1-3-13(14)15(12)18-8-7-11-5-6-11/h1-4,10-11H,5-9,16H2. The normalized spacial score (nSPS) is 14.9. The third-order valence-electron chi connectivity index (χ3n) is 3.49. The van der Waals surface area contributed by atoms with E-state index in [1.165, 1.54) is 12.8 Å². The Morgan fingerprint density at radius 2 is 2.11 bits per heavy atom. The van der Waals surface area contributed by atoms with Crippen LogP contribution in [0.25, 0.3) is 10.9 Å². The van der Waals surface area contributed by atoms with Gasteiger partial charge in [0.2, 0.25) is 0 Å². The fourth-order valence-electron chi connectivity index (χ4n) is 2.21. The van der Waals surface area contributed by atoms with Crippen molar-refractivity contribution in [1.29, 1.82) is 0 Å². The molecule has 1 aliphatic rings. The van der Waals surface area contributed by atoms with Gasteiger partial charge >= 0.3 is 0 Å². The van der Waals surface area contributed by atoms with Crippen molar-refractivity contribution in [1.82, 2.24) is 4.98 Å². The van der Waals surface area contributed by atoms with Crippen molar-refractivity contribution >= 4 is 10.9 Å². The van der Waals surface area contributed by atoms with E-state index in [1.54, 1.807) is 0 Å². The molecule has 0 amide bonds. The van der Waals surface area contributed by atoms with E-state index in [9.17, 15) is 0 Å². The van der Waals surface area contributed by atoms with E-state index in [0.29, 0.717) is 6.54 Å². The fraction of sp³-hybridized carbons (Fsp3) is 0.400. The molecule has 0 bridgehead atoms. The number of benzene rings is 1. The third-order valence-corrected chi connectivity index (χ3v) is 3.49. The molecule has 0 aliphatic heterocycles. The molecule has 0 saturated heterocycles. The number of nitrogens with two attached hydrogens (primary N) is 1. The van der Waals surface area contributed by atoms with Gasteiger partial charge in [0.05, 0.1) is 12.1 Å². The molecule has 2 N–H and O–H groups in total. The molecule has 1 fully saturated rings. The predicted octanol–water partition coefficient (Wildman–Crippen LogP) is 2.87. The Balaban J connectivity index is 1.89. The van der Waals surface area contributed by atoms with Gasteiger partial charge in [0.1, 0.15) is 5.75 Å². The number of fused-ring (bicyclic) bond motifs is 1. The van der Waals surface area contributed by atoms with Crippen LogP contribution in [0.3, 0.4) is 0 Å². The minimum absolute atomic E-state index is 0.469. The van der Waals surface area contributed by atoms with Crippen LogP contribution in [0.4, 0.5) is 0 Å². The number of pyridine rings is 1. The number of hydrogen-bond donors (Lipinski definition) is 1. The molecule has 1 heterocycles. The average molecular weight is 242 g/mol. The molecule has 1 saturated carbocycles. The summed E-state index contributed by atoms with van der Waals surface area (Å²) >= 11 is 0. The van der Waals surface area contributed by atoms with Gasteiger partial charge in [0.25, 0.3) is 0 Å². The van der Waals surface area contributed by atoms with Crippen LogP contribution in [0.1, 0.15) is 24.8 Å². The summed E-state index contributed by atoms with van der Waals surface area (Å²) in [5.74, 6) is 1.81. The van der Waals surface area contributed by atoms with Crippen molar-refractivity contribution in [3.05, 3.63) is 36.0 Å². The summed E-state index contributed by atoms with van der Waals surface area (Å²) < 4.78 is 5.97. The van der Waals surface area contributed by atoms with E-state index in [4.69, 9.17) is 10.5 Å². The SMILES string of the molecule is NCc1cnc2ccccc2c1OCCC1CC1. The summed E-state index contributed by atoms with van der Waals surface area (Å²) in [5.41, 5.74) is 7.72. The van der Waals surface area contributed by atoms with Crippen molar-refractivity contribution in [3.8, 4) is 5.75 Å². The van der Waals surface area contributed by atoms with Gasteiger partial charge in [-0.05, 0) is 24.5 Å². The summed E-state index contributed by atoms with van der Waals surface area (Å²) in [7, 11) is 0. The average Bonchev–Trinajstić information content (AvgIpc) is 3.23. The minimum Gasteiger partial charge on any atom is -0.492 e. The second-order valence-electron chi connectivity index (χ2n) is 4.91. The van der Waals surface area contributed by atoms with E-state index in [0.717, 1.165) is 41.2 Å². The van der Waals surface area contributed by atoms with Crippen LogP contribution < -0.4 is 10.5 Å². The molecule has 3 nitrogen and oxygen atoms in total. The topological polar surface area (TPSA) is 48.1 Å². The lowest BCUT2D eigenvalue weighted by Gasteiger charge is -2.12. The van der Waals surface area contributed by atoms with Crippen molar-refractivity contribution < 1.29 is 4.74 Å². The minimum atomic E-state index is 0.469. The maximum Gasteiger partial charge on any atom is 0.134 e. The van der Waals surface area contributed by atoms with Gasteiger partial charge in [0.15, 0.2) is 0 Å². The molecule has 2 aromatic rings. The first kappa shape index (κ1) is 11.5. The lowest BCUT2D eigenvalue weighted by molar-refractivity contribution is 0.303. The zero-order valence-electron chi connectivity index (χ0n) is 10.4. The lowest BCUT2D eigenvalue weighted by Crippen LogP contribution is -2.05. The third kappa shape index (κ3) is 2.31. The summed E-state index contributed by atoms with van der Waals surface area (Å²) in [6, 6.07) is 8.06. The van der Waals surface area contributed by atoms with E-state index < -0.39 is 0 Å². The lowest BCUT2D eigenvalue weighted by atomic mass is 10.1. The molecule has 3 heteroatoms. The Labute approximate surface area is 107 Å². The van der Waals surface area contributed by atoms with Crippen LogP contribution in [0.15, 0.2) is 30.5 Å². The van der Waals surface area contributed by atoms with Gasteiger partial charge in [0, 0.05) is 23.7 Å². The smallest absolute Gasteiger partial charge is 0.134 e. The molecule has 1 aromatic carbocycles. The van der Waals surface area contributed by atoms with Crippen LogP contribution in [0, 0.1) is 5.92 Å². The number of hydrogen-bond acceptors (Lipinski definition) is 3. The molecule has 1 aliphatic carbocycles. The first-order valence-electron chi connectivity index (χ1n) is 6.58. The maximum atomic E-state index is 5.97. The molecule has 0 unspecified atom stereocenters. The van der Waals surface area contributed by atoms with E-state index in [-0.39, 0.29) is 0 Å². The van der Waals surface area contributed by atoms with Crippen molar-refractivity contribution in [3.63, 3.8) is 0 Å². The first-order chi connectivity index (χ1) is 8.88. The highest BCUT2D eigenvalue weighted by Gasteiger charge is 2.21. The van der Waals surface area contributed by atoms with Gasteiger partial charge in [-0.25, -0.2) is 0 Å². The maximum absolute atomic E-state index is 5.97. The van der Waals surface area contributed by atoms with Crippen molar-refractivity contribution in [2.24, 2.45) is 11.7 Å². The van der Waals surface area contributed by atoms with Gasteiger partial charge in [-0.3, -0.25) is 4.98 Å². The van der Waals surface area contributed by atoms with Gasteiger partial charge in [-0.15, -0.1) is 0 Å². The van der Waals surface area contributed by atoms with Crippen LogP contribution in [0.2, 0.25) is 0 Å². The highest BCUT2D eigenvalue weighted by Crippen LogP contribution is 2.33. The number of ether oxygens (including phenoxy) is 1. The van der Waals surface area contributed by atoms with Crippen LogP contribution in [0.5, 0.6) is 5.75 Å². The van der Waals surface area contributed by atoms with Gasteiger partial charge < -0.3 is 10.5 Å². The molecule has 1 aromatic heterocycles. The Morgan fingerprint density at radius 1 is 1.28 bits per heavy atom. The molecule has 0 spiro atoms. The Kier molecular flexibility index (Phi) is 3.15. The number of para-hydroxylation sites is 1. The Morgan fingerprint density at radius 3 is 2.89 bits per heavy atom. The van der Waals surface area contributed by atoms with Gasteiger partial charge in [-0.2, -0.15) is 0 Å². The largest absolute Gasteiger partial charge is 0.492 e. The summed E-state index contributed by atoms with van der Waals surface area (Å²) in [6.45, 7) is 1.25. The van der Waals surface area contributed by atoms with Crippen LogP contribution in [-0.4, -0.2) is 11.6 Å². The molecule has 18 heavy (non-hydrogen) atoms. The van der Waals surface area contributed by atoms with Gasteiger partial charge in [-0.1, -0.05) is 25.0 Å². The summed E-state index contributed by atoms with van der Waals surface area (Å²) in [5, 5.41) is 1.07. The van der Waals surface area contributed by atoms with Crippen LogP contribution in [-0.2, 0) is 6.54 Å². The zero-order chi connectivity index (χ0) is 12.4. The predicted molar refractivity (Wildman–Crippen MR) is 72.5 cm³/mol. The first-order valence-corrected chi connectivity index (χ1v) is 6.58. The molecule has 0 atom stereocenters. The second-order valence-corrected chi connectivity index (χ2v) is 4.91. The molecule has 3 rings (SSSR count). The quantitative estimate of drug-likeness (QED) is 0.877.